The van der Waals surface area contributed by atoms with Crippen LogP contribution in [0.3, 0.4) is 0 Å². The number of hydrogen-bond donors (Lipinski definition) is 1. The van der Waals surface area contributed by atoms with Crippen LogP contribution in [0.2, 0.25) is 5.02 Å². The van der Waals surface area contributed by atoms with E-state index in [-0.39, 0.29) is 24.8 Å². The quantitative estimate of drug-likeness (QED) is 0.803. The standard InChI is InChI=1S/C7H9ClN2.2ClH/c1-5-6(3-9)2-7(8)4-10-5;;/h2,4H,3,9H2,1H3;2*1H. The third-order valence-corrected chi connectivity index (χ3v) is 1.58. The molecule has 0 amide bonds. The smallest absolute Gasteiger partial charge is 0.0592 e. The average Bonchev–Trinajstić information content (AvgIpc) is 1.94. The number of aryl methyl sites for hydroxylation is 1. The number of pyridine rings is 1. The summed E-state index contributed by atoms with van der Waals surface area (Å²) in [5.74, 6) is 0. The first-order valence-electron chi connectivity index (χ1n) is 3.05. The summed E-state index contributed by atoms with van der Waals surface area (Å²) >= 11 is 5.68. The van der Waals surface area contributed by atoms with E-state index >= 15 is 0 Å². The summed E-state index contributed by atoms with van der Waals surface area (Å²) in [6.45, 7) is 2.41. The molecule has 70 valence electrons. The number of hydrogen-bond acceptors (Lipinski definition) is 2. The van der Waals surface area contributed by atoms with E-state index in [0.717, 1.165) is 11.3 Å². The van der Waals surface area contributed by atoms with Crippen molar-refractivity contribution in [1.29, 1.82) is 0 Å². The summed E-state index contributed by atoms with van der Waals surface area (Å²) in [6, 6.07) is 1.84. The lowest BCUT2D eigenvalue weighted by Gasteiger charge is -2.00. The Morgan fingerprint density at radius 1 is 1.50 bits per heavy atom. The van der Waals surface area contributed by atoms with Crippen LogP contribution in [0.25, 0.3) is 0 Å². The topological polar surface area (TPSA) is 38.9 Å². The van der Waals surface area contributed by atoms with Gasteiger partial charge in [0.25, 0.3) is 0 Å². The van der Waals surface area contributed by atoms with Gasteiger partial charge in [0.1, 0.15) is 0 Å². The molecule has 1 rings (SSSR count). The third-order valence-electron chi connectivity index (χ3n) is 1.38. The van der Waals surface area contributed by atoms with E-state index in [4.69, 9.17) is 17.3 Å². The van der Waals surface area contributed by atoms with E-state index in [0.29, 0.717) is 11.6 Å². The number of nitrogens with two attached hydrogens (primary N) is 1. The van der Waals surface area contributed by atoms with Gasteiger partial charge in [-0.25, -0.2) is 0 Å². The van der Waals surface area contributed by atoms with Crippen LogP contribution in [-0.4, -0.2) is 4.98 Å². The first-order valence-corrected chi connectivity index (χ1v) is 3.43. The molecule has 0 saturated carbocycles. The molecule has 0 aliphatic heterocycles. The van der Waals surface area contributed by atoms with Gasteiger partial charge in [0, 0.05) is 18.4 Å². The fourth-order valence-electron chi connectivity index (χ4n) is 0.756. The summed E-state index contributed by atoms with van der Waals surface area (Å²) in [6.07, 6.45) is 1.62. The fourth-order valence-corrected chi connectivity index (χ4v) is 0.937. The Balaban J connectivity index is 0. The second-order valence-electron chi connectivity index (χ2n) is 2.10. The average molecular weight is 230 g/mol. The van der Waals surface area contributed by atoms with Gasteiger partial charge >= 0.3 is 0 Å². The van der Waals surface area contributed by atoms with Gasteiger partial charge in [-0.3, -0.25) is 4.98 Å². The highest BCUT2D eigenvalue weighted by Crippen LogP contribution is 2.11. The van der Waals surface area contributed by atoms with Crippen molar-refractivity contribution in [3.05, 3.63) is 28.5 Å². The monoisotopic (exact) mass is 228 g/mol. The van der Waals surface area contributed by atoms with E-state index in [2.05, 4.69) is 4.98 Å². The maximum atomic E-state index is 5.68. The van der Waals surface area contributed by atoms with Crippen molar-refractivity contribution in [2.75, 3.05) is 0 Å². The maximum Gasteiger partial charge on any atom is 0.0592 e. The molecule has 0 saturated heterocycles. The lowest BCUT2D eigenvalue weighted by atomic mass is 10.2. The van der Waals surface area contributed by atoms with Crippen LogP contribution in [0.1, 0.15) is 11.3 Å². The Hall–Kier alpha value is -0.0200. The van der Waals surface area contributed by atoms with Crippen LogP contribution in [0.15, 0.2) is 12.3 Å². The van der Waals surface area contributed by atoms with Crippen molar-refractivity contribution in [1.82, 2.24) is 4.98 Å². The predicted molar refractivity (Wildman–Crippen MR) is 56.4 cm³/mol. The van der Waals surface area contributed by atoms with Crippen molar-refractivity contribution >= 4 is 36.4 Å². The van der Waals surface area contributed by atoms with Gasteiger partial charge in [0.05, 0.1) is 5.02 Å². The lowest BCUT2D eigenvalue weighted by molar-refractivity contribution is 1.01. The van der Waals surface area contributed by atoms with Crippen molar-refractivity contribution in [2.24, 2.45) is 5.73 Å². The maximum absolute atomic E-state index is 5.68. The molecule has 1 aromatic rings. The molecule has 2 N–H and O–H groups in total. The van der Waals surface area contributed by atoms with Gasteiger partial charge in [-0.15, -0.1) is 24.8 Å². The molecule has 0 aliphatic carbocycles. The van der Waals surface area contributed by atoms with Gasteiger partial charge < -0.3 is 5.73 Å². The SMILES string of the molecule is Cc1ncc(Cl)cc1CN.Cl.Cl. The second-order valence-corrected chi connectivity index (χ2v) is 2.54. The van der Waals surface area contributed by atoms with Crippen LogP contribution in [0.4, 0.5) is 0 Å². The molecule has 2 nitrogen and oxygen atoms in total. The molecule has 1 aromatic heterocycles. The molecule has 12 heavy (non-hydrogen) atoms. The van der Waals surface area contributed by atoms with Crippen LogP contribution < -0.4 is 5.73 Å². The summed E-state index contributed by atoms with van der Waals surface area (Å²) in [5.41, 5.74) is 7.38. The summed E-state index contributed by atoms with van der Waals surface area (Å²) < 4.78 is 0. The van der Waals surface area contributed by atoms with Crippen LogP contribution in [-0.2, 0) is 6.54 Å². The minimum atomic E-state index is 0. The number of rotatable bonds is 1. The molecule has 0 aromatic carbocycles. The van der Waals surface area contributed by atoms with Crippen molar-refractivity contribution in [3.8, 4) is 0 Å². The fraction of sp³-hybridized carbons (Fsp3) is 0.286. The highest BCUT2D eigenvalue weighted by Gasteiger charge is 1.96. The summed E-state index contributed by atoms with van der Waals surface area (Å²) in [4.78, 5) is 4.04. The van der Waals surface area contributed by atoms with E-state index < -0.39 is 0 Å². The van der Waals surface area contributed by atoms with E-state index in [1.807, 2.05) is 13.0 Å². The number of nitrogens with zero attached hydrogens (tertiary/aromatic N) is 1. The normalized spacial score (nSPS) is 8.25. The molecule has 0 radical (unpaired) electrons. The highest BCUT2D eigenvalue weighted by molar-refractivity contribution is 6.30. The van der Waals surface area contributed by atoms with E-state index in [1.54, 1.807) is 6.20 Å². The molecule has 1 heterocycles. The first-order chi connectivity index (χ1) is 4.74. The molecule has 0 atom stereocenters. The van der Waals surface area contributed by atoms with Gasteiger partial charge in [-0.2, -0.15) is 0 Å². The van der Waals surface area contributed by atoms with Gasteiger partial charge in [0.15, 0.2) is 0 Å². The van der Waals surface area contributed by atoms with Crippen molar-refractivity contribution < 1.29 is 0 Å². The second kappa shape index (κ2) is 6.49. The molecule has 5 heteroatoms. The lowest BCUT2D eigenvalue weighted by Crippen LogP contribution is -2.00. The Bertz CT molecular complexity index is 240. The van der Waals surface area contributed by atoms with Gasteiger partial charge in [-0.05, 0) is 18.6 Å². The van der Waals surface area contributed by atoms with Crippen molar-refractivity contribution in [2.45, 2.75) is 13.5 Å². The summed E-state index contributed by atoms with van der Waals surface area (Å²) in [7, 11) is 0. The minimum Gasteiger partial charge on any atom is -0.326 e. The van der Waals surface area contributed by atoms with Crippen molar-refractivity contribution in [3.63, 3.8) is 0 Å². The van der Waals surface area contributed by atoms with Crippen LogP contribution in [0.5, 0.6) is 0 Å². The van der Waals surface area contributed by atoms with Crippen LogP contribution >= 0.6 is 36.4 Å². The predicted octanol–water partition coefficient (Wildman–Crippen LogP) is 2.35. The minimum absolute atomic E-state index is 0. The molecular formula is C7H11Cl3N2. The number of aromatic nitrogens is 1. The van der Waals surface area contributed by atoms with E-state index in [9.17, 15) is 0 Å². The summed E-state index contributed by atoms with van der Waals surface area (Å²) in [5, 5.41) is 0.644. The van der Waals surface area contributed by atoms with Crippen LogP contribution in [0, 0.1) is 6.92 Å². The zero-order chi connectivity index (χ0) is 7.56. The molecule has 0 aliphatic rings. The zero-order valence-electron chi connectivity index (χ0n) is 6.58. The molecule has 0 fully saturated rings. The van der Waals surface area contributed by atoms with Gasteiger partial charge in [0.2, 0.25) is 0 Å². The Morgan fingerprint density at radius 2 is 2.08 bits per heavy atom. The van der Waals surface area contributed by atoms with Gasteiger partial charge in [-0.1, -0.05) is 11.6 Å². The molecule has 0 spiro atoms. The van der Waals surface area contributed by atoms with E-state index in [1.165, 1.54) is 0 Å². The molecular weight excluding hydrogens is 218 g/mol. The molecule has 0 bridgehead atoms. The Labute approximate surface area is 89.3 Å². The highest BCUT2D eigenvalue weighted by atomic mass is 35.5. The zero-order valence-corrected chi connectivity index (χ0v) is 8.97. The molecule has 0 unspecified atom stereocenters. The largest absolute Gasteiger partial charge is 0.326 e. The first kappa shape index (κ1) is 14.5. The Morgan fingerprint density at radius 3 is 2.50 bits per heavy atom. The Kier molecular flexibility index (Phi) is 7.84. The number of halogens is 3. The third kappa shape index (κ3) is 3.59.